The number of carbonyl (C=O) groups is 1. The first-order chi connectivity index (χ1) is 7.49. The molecule has 1 aromatic rings. The number of rotatable bonds is 4. The number of anilines is 1. The molecule has 4 nitrogen and oxygen atoms in total. The average molecular weight is 351 g/mol. The molecule has 0 fully saturated rings. The summed E-state index contributed by atoms with van der Waals surface area (Å²) in [6.45, 7) is 4.17. The molecule has 0 aliphatic rings. The van der Waals surface area contributed by atoms with E-state index >= 15 is 0 Å². The van der Waals surface area contributed by atoms with Gasteiger partial charge in [0.1, 0.15) is 9.21 Å². The van der Waals surface area contributed by atoms with Crippen LogP contribution in [0.4, 0.5) is 5.82 Å². The first-order valence-corrected chi connectivity index (χ1v) is 6.55. The van der Waals surface area contributed by atoms with E-state index in [1.165, 1.54) is 0 Å². The first-order valence-electron chi connectivity index (χ1n) is 4.97. The number of aromatic nitrogens is 2. The van der Waals surface area contributed by atoms with Crippen LogP contribution in [0, 0.1) is 5.92 Å². The molecule has 0 bridgehead atoms. The molecule has 1 amide bonds. The summed E-state index contributed by atoms with van der Waals surface area (Å²) in [5.74, 6) is 0.938. The SMILES string of the molecule is CC(C)CCC(=O)Nc1ncc(Br)nc1Br. The van der Waals surface area contributed by atoms with Crippen LogP contribution in [0.5, 0.6) is 0 Å². The molecule has 1 rings (SSSR count). The van der Waals surface area contributed by atoms with Crippen LogP contribution in [0.25, 0.3) is 0 Å². The van der Waals surface area contributed by atoms with E-state index < -0.39 is 0 Å². The lowest BCUT2D eigenvalue weighted by Gasteiger charge is -2.07. The molecule has 0 unspecified atom stereocenters. The fourth-order valence-electron chi connectivity index (χ4n) is 1.04. The van der Waals surface area contributed by atoms with Crippen molar-refractivity contribution in [3.05, 3.63) is 15.4 Å². The van der Waals surface area contributed by atoms with E-state index in [0.717, 1.165) is 6.42 Å². The minimum Gasteiger partial charge on any atom is -0.308 e. The molecular weight excluding hydrogens is 338 g/mol. The van der Waals surface area contributed by atoms with E-state index in [1.807, 2.05) is 0 Å². The van der Waals surface area contributed by atoms with Gasteiger partial charge in [-0.25, -0.2) is 9.97 Å². The molecule has 0 atom stereocenters. The van der Waals surface area contributed by atoms with Crippen LogP contribution in [0.2, 0.25) is 0 Å². The standard InChI is InChI=1S/C10H13Br2N3O/c1-6(2)3-4-8(16)15-10-9(12)14-7(11)5-13-10/h5-6H,3-4H2,1-2H3,(H,13,15,16). The van der Waals surface area contributed by atoms with Crippen molar-refractivity contribution in [3.63, 3.8) is 0 Å². The lowest BCUT2D eigenvalue weighted by atomic mass is 10.1. The second kappa shape index (κ2) is 6.30. The van der Waals surface area contributed by atoms with E-state index in [4.69, 9.17) is 0 Å². The van der Waals surface area contributed by atoms with Gasteiger partial charge in [0.2, 0.25) is 5.91 Å². The Kier molecular flexibility index (Phi) is 5.34. The van der Waals surface area contributed by atoms with Crippen LogP contribution in [0.15, 0.2) is 15.4 Å². The van der Waals surface area contributed by atoms with Crippen molar-refractivity contribution in [1.29, 1.82) is 0 Å². The number of halogens is 2. The van der Waals surface area contributed by atoms with Gasteiger partial charge in [0.25, 0.3) is 0 Å². The fourth-order valence-corrected chi connectivity index (χ4v) is 1.96. The topological polar surface area (TPSA) is 54.9 Å². The summed E-state index contributed by atoms with van der Waals surface area (Å²) in [6.07, 6.45) is 2.91. The van der Waals surface area contributed by atoms with Gasteiger partial charge < -0.3 is 5.32 Å². The van der Waals surface area contributed by atoms with E-state index in [1.54, 1.807) is 6.20 Å². The molecule has 0 aliphatic carbocycles. The second-order valence-corrected chi connectivity index (χ2v) is 5.38. The van der Waals surface area contributed by atoms with Crippen molar-refractivity contribution in [2.75, 3.05) is 5.32 Å². The lowest BCUT2D eigenvalue weighted by molar-refractivity contribution is -0.116. The summed E-state index contributed by atoms with van der Waals surface area (Å²) in [4.78, 5) is 19.7. The van der Waals surface area contributed by atoms with Crippen LogP contribution in [-0.2, 0) is 4.79 Å². The number of amides is 1. The van der Waals surface area contributed by atoms with Crippen molar-refractivity contribution in [1.82, 2.24) is 9.97 Å². The molecule has 0 saturated carbocycles. The van der Waals surface area contributed by atoms with Crippen molar-refractivity contribution in [3.8, 4) is 0 Å². The summed E-state index contributed by atoms with van der Waals surface area (Å²) < 4.78 is 1.15. The van der Waals surface area contributed by atoms with Crippen molar-refractivity contribution >= 4 is 43.6 Å². The Morgan fingerprint density at radius 3 is 2.75 bits per heavy atom. The molecule has 1 heterocycles. The van der Waals surface area contributed by atoms with Crippen molar-refractivity contribution in [2.24, 2.45) is 5.92 Å². The predicted molar refractivity (Wildman–Crippen MR) is 70.1 cm³/mol. The smallest absolute Gasteiger partial charge is 0.225 e. The molecule has 6 heteroatoms. The molecule has 1 N–H and O–H groups in total. The summed E-state index contributed by atoms with van der Waals surface area (Å²) in [5, 5.41) is 2.71. The third-order valence-electron chi connectivity index (χ3n) is 1.91. The zero-order chi connectivity index (χ0) is 12.1. The average Bonchev–Trinajstić information content (AvgIpc) is 2.19. The molecular formula is C10H13Br2N3O. The Labute approximate surface area is 112 Å². The van der Waals surface area contributed by atoms with Gasteiger partial charge in [-0.3, -0.25) is 4.79 Å². The summed E-state index contributed by atoms with van der Waals surface area (Å²) in [5.41, 5.74) is 0. The molecule has 88 valence electrons. The number of nitrogens with one attached hydrogen (secondary N) is 1. The maximum Gasteiger partial charge on any atom is 0.225 e. The van der Waals surface area contributed by atoms with Gasteiger partial charge in [-0.15, -0.1) is 0 Å². The van der Waals surface area contributed by atoms with Gasteiger partial charge in [0.15, 0.2) is 5.82 Å². The zero-order valence-corrected chi connectivity index (χ0v) is 12.3. The van der Waals surface area contributed by atoms with E-state index in [9.17, 15) is 4.79 Å². The third kappa shape index (κ3) is 4.57. The third-order valence-corrected chi connectivity index (χ3v) is 2.84. The quantitative estimate of drug-likeness (QED) is 0.905. The monoisotopic (exact) mass is 349 g/mol. The van der Waals surface area contributed by atoms with Crippen LogP contribution >= 0.6 is 31.9 Å². The predicted octanol–water partition coefficient (Wildman–Crippen LogP) is 3.38. The maximum absolute atomic E-state index is 11.5. The first kappa shape index (κ1) is 13.6. The summed E-state index contributed by atoms with van der Waals surface area (Å²) in [7, 11) is 0. The highest BCUT2D eigenvalue weighted by atomic mass is 79.9. The Balaban J connectivity index is 2.56. The summed E-state index contributed by atoms with van der Waals surface area (Å²) >= 11 is 6.43. The molecule has 0 aliphatic heterocycles. The van der Waals surface area contributed by atoms with Crippen LogP contribution in [0.3, 0.4) is 0 Å². The minimum absolute atomic E-state index is 0.0361. The van der Waals surface area contributed by atoms with Crippen molar-refractivity contribution < 1.29 is 4.79 Å². The Morgan fingerprint density at radius 2 is 2.19 bits per heavy atom. The Bertz CT molecular complexity index is 382. The molecule has 0 saturated heterocycles. The molecule has 0 aromatic carbocycles. The van der Waals surface area contributed by atoms with Gasteiger partial charge in [-0.2, -0.15) is 0 Å². The van der Waals surface area contributed by atoms with Gasteiger partial charge in [0, 0.05) is 6.42 Å². The molecule has 1 aromatic heterocycles. The van der Waals surface area contributed by atoms with Gasteiger partial charge in [0.05, 0.1) is 6.20 Å². The highest BCUT2D eigenvalue weighted by Gasteiger charge is 2.08. The highest BCUT2D eigenvalue weighted by molar-refractivity contribution is 9.11. The highest BCUT2D eigenvalue weighted by Crippen LogP contribution is 2.19. The minimum atomic E-state index is -0.0361. The zero-order valence-electron chi connectivity index (χ0n) is 9.13. The van der Waals surface area contributed by atoms with Gasteiger partial charge in [-0.05, 0) is 44.2 Å². The number of hydrogen-bond donors (Lipinski definition) is 1. The van der Waals surface area contributed by atoms with Gasteiger partial charge in [-0.1, -0.05) is 13.8 Å². The van der Waals surface area contributed by atoms with Gasteiger partial charge >= 0.3 is 0 Å². The largest absolute Gasteiger partial charge is 0.308 e. The van der Waals surface area contributed by atoms with E-state index in [2.05, 4.69) is 61.0 Å². The molecule has 16 heavy (non-hydrogen) atoms. The molecule has 0 spiro atoms. The number of hydrogen-bond acceptors (Lipinski definition) is 3. The normalized spacial score (nSPS) is 10.6. The van der Waals surface area contributed by atoms with Crippen LogP contribution < -0.4 is 5.32 Å². The molecule has 0 radical (unpaired) electrons. The lowest BCUT2D eigenvalue weighted by Crippen LogP contribution is -2.14. The van der Waals surface area contributed by atoms with Crippen LogP contribution in [0.1, 0.15) is 26.7 Å². The number of nitrogens with zero attached hydrogens (tertiary/aromatic N) is 2. The fraction of sp³-hybridized carbons (Fsp3) is 0.500. The second-order valence-electron chi connectivity index (χ2n) is 3.81. The Hall–Kier alpha value is -0.490. The van der Waals surface area contributed by atoms with Crippen LogP contribution in [-0.4, -0.2) is 15.9 Å². The summed E-state index contributed by atoms with van der Waals surface area (Å²) in [6, 6.07) is 0. The number of carbonyl (C=O) groups excluding carboxylic acids is 1. The van der Waals surface area contributed by atoms with Crippen molar-refractivity contribution in [2.45, 2.75) is 26.7 Å². The van der Waals surface area contributed by atoms with E-state index in [0.29, 0.717) is 27.4 Å². The maximum atomic E-state index is 11.5. The Morgan fingerprint density at radius 1 is 1.50 bits per heavy atom. The van der Waals surface area contributed by atoms with E-state index in [-0.39, 0.29) is 5.91 Å².